The average Bonchev–Trinajstić information content (AvgIpc) is 3.18. The number of rotatable bonds is 2. The summed E-state index contributed by atoms with van der Waals surface area (Å²) >= 11 is 0. The minimum absolute atomic E-state index is 0.122. The number of nitro groups is 1. The minimum Gasteiger partial charge on any atom is -0.309 e. The van der Waals surface area contributed by atoms with Crippen molar-refractivity contribution in [2.24, 2.45) is 0 Å². The summed E-state index contributed by atoms with van der Waals surface area (Å²) in [6.45, 7) is 0. The monoisotopic (exact) mass is 388 g/mol. The van der Waals surface area contributed by atoms with E-state index in [1.807, 2.05) is 18.2 Å². The van der Waals surface area contributed by atoms with Crippen LogP contribution in [0.25, 0.3) is 49.2 Å². The quantitative estimate of drug-likeness (QED) is 0.183. The summed E-state index contributed by atoms with van der Waals surface area (Å²) in [5, 5.41) is 16.2. The zero-order valence-corrected chi connectivity index (χ0v) is 15.9. The lowest BCUT2D eigenvalue weighted by Crippen LogP contribution is -1.92. The third-order valence-electron chi connectivity index (χ3n) is 5.85. The van der Waals surface area contributed by atoms with Crippen molar-refractivity contribution in [2.45, 2.75) is 0 Å². The molecule has 0 aliphatic heterocycles. The SMILES string of the molecule is O=[N+]([O-])c1ccccc1-c1ccc2c(c1)cc1c3ccccc3c3ccccc3n21. The fourth-order valence-corrected chi connectivity index (χ4v) is 4.56. The van der Waals surface area contributed by atoms with Gasteiger partial charge in [0.2, 0.25) is 0 Å². The molecule has 0 atom stereocenters. The lowest BCUT2D eigenvalue weighted by Gasteiger charge is -2.10. The van der Waals surface area contributed by atoms with Crippen LogP contribution in [0.2, 0.25) is 0 Å². The second-order valence-electron chi connectivity index (χ2n) is 7.48. The van der Waals surface area contributed by atoms with Crippen LogP contribution in [-0.2, 0) is 0 Å². The molecule has 6 rings (SSSR count). The van der Waals surface area contributed by atoms with E-state index in [0.717, 1.165) is 27.5 Å². The summed E-state index contributed by atoms with van der Waals surface area (Å²) in [5.74, 6) is 0. The van der Waals surface area contributed by atoms with Crippen LogP contribution in [0.4, 0.5) is 5.69 Å². The Balaban J connectivity index is 1.74. The van der Waals surface area contributed by atoms with Gasteiger partial charge >= 0.3 is 0 Å². The molecule has 0 unspecified atom stereocenters. The van der Waals surface area contributed by atoms with Crippen LogP contribution in [0, 0.1) is 10.1 Å². The third-order valence-corrected chi connectivity index (χ3v) is 5.85. The van der Waals surface area contributed by atoms with Gasteiger partial charge in [-0.1, -0.05) is 60.7 Å². The Morgan fingerprint density at radius 1 is 0.633 bits per heavy atom. The average molecular weight is 388 g/mol. The smallest absolute Gasteiger partial charge is 0.277 e. The van der Waals surface area contributed by atoms with E-state index in [2.05, 4.69) is 65.1 Å². The van der Waals surface area contributed by atoms with E-state index in [-0.39, 0.29) is 10.6 Å². The van der Waals surface area contributed by atoms with Crippen LogP contribution in [0.1, 0.15) is 0 Å². The molecule has 0 N–H and O–H groups in total. The number of fused-ring (bicyclic) bond motifs is 8. The summed E-state index contributed by atoms with van der Waals surface area (Å²) in [4.78, 5) is 11.2. The van der Waals surface area contributed by atoms with E-state index in [4.69, 9.17) is 0 Å². The topological polar surface area (TPSA) is 47.5 Å². The van der Waals surface area contributed by atoms with E-state index in [9.17, 15) is 10.1 Å². The zero-order chi connectivity index (χ0) is 20.2. The van der Waals surface area contributed by atoms with Crippen molar-refractivity contribution in [1.29, 1.82) is 0 Å². The Kier molecular flexibility index (Phi) is 3.44. The highest BCUT2D eigenvalue weighted by molar-refractivity contribution is 6.15. The molecular weight excluding hydrogens is 372 g/mol. The molecular formula is C26H16N2O2. The third kappa shape index (κ3) is 2.28. The molecule has 0 spiro atoms. The number of nitrogens with zero attached hydrogens (tertiary/aromatic N) is 2. The van der Waals surface area contributed by atoms with E-state index in [1.54, 1.807) is 18.2 Å². The van der Waals surface area contributed by atoms with Crippen molar-refractivity contribution in [3.8, 4) is 11.1 Å². The number of hydrogen-bond acceptors (Lipinski definition) is 2. The first-order valence-corrected chi connectivity index (χ1v) is 9.81. The van der Waals surface area contributed by atoms with Gasteiger partial charge < -0.3 is 4.40 Å². The Hall–Kier alpha value is -4.18. The van der Waals surface area contributed by atoms with Gasteiger partial charge in [-0.25, -0.2) is 0 Å². The van der Waals surface area contributed by atoms with Gasteiger partial charge in [-0.2, -0.15) is 0 Å². The molecule has 4 aromatic carbocycles. The van der Waals surface area contributed by atoms with E-state index in [0.29, 0.717) is 5.56 Å². The van der Waals surface area contributed by atoms with Gasteiger partial charge in [-0.3, -0.25) is 10.1 Å². The van der Waals surface area contributed by atoms with Gasteiger partial charge in [-0.15, -0.1) is 0 Å². The van der Waals surface area contributed by atoms with Crippen molar-refractivity contribution in [3.05, 3.63) is 107 Å². The maximum Gasteiger partial charge on any atom is 0.277 e. The van der Waals surface area contributed by atoms with Crippen LogP contribution in [-0.4, -0.2) is 9.32 Å². The summed E-state index contributed by atoms with van der Waals surface area (Å²) in [5.41, 5.74) is 4.98. The molecule has 0 aliphatic carbocycles. The van der Waals surface area contributed by atoms with Crippen molar-refractivity contribution in [3.63, 3.8) is 0 Å². The Labute approximate surface area is 171 Å². The molecule has 0 aliphatic rings. The first-order chi connectivity index (χ1) is 14.7. The molecule has 4 heteroatoms. The highest BCUT2D eigenvalue weighted by Crippen LogP contribution is 2.36. The van der Waals surface area contributed by atoms with Crippen molar-refractivity contribution < 1.29 is 4.92 Å². The molecule has 6 aromatic rings. The fourth-order valence-electron chi connectivity index (χ4n) is 4.56. The Morgan fingerprint density at radius 2 is 1.30 bits per heavy atom. The first kappa shape index (κ1) is 16.7. The highest BCUT2D eigenvalue weighted by Gasteiger charge is 2.16. The van der Waals surface area contributed by atoms with Crippen LogP contribution < -0.4 is 0 Å². The number of para-hydroxylation sites is 2. The number of pyridine rings is 1. The maximum absolute atomic E-state index is 11.5. The van der Waals surface area contributed by atoms with Crippen LogP contribution in [0.3, 0.4) is 0 Å². The Morgan fingerprint density at radius 3 is 2.10 bits per heavy atom. The van der Waals surface area contributed by atoms with Crippen LogP contribution >= 0.6 is 0 Å². The minimum atomic E-state index is -0.323. The molecule has 142 valence electrons. The molecule has 0 fully saturated rings. The molecule has 0 radical (unpaired) electrons. The standard InChI is InChI=1S/C26H16N2O2/c29-28(30)25-12-6-3-7-19(25)17-13-14-23-18(15-17)16-26-22-10-2-1-8-20(22)21-9-4-5-11-24(21)27(23)26/h1-16H. The van der Waals surface area contributed by atoms with Crippen molar-refractivity contribution in [2.75, 3.05) is 0 Å². The van der Waals surface area contributed by atoms with Crippen LogP contribution in [0.15, 0.2) is 97.1 Å². The van der Waals surface area contributed by atoms with Crippen molar-refractivity contribution >= 4 is 43.8 Å². The molecule has 0 bridgehead atoms. The van der Waals surface area contributed by atoms with Crippen LogP contribution in [0.5, 0.6) is 0 Å². The largest absolute Gasteiger partial charge is 0.309 e. The van der Waals surface area contributed by atoms with Crippen molar-refractivity contribution in [1.82, 2.24) is 4.40 Å². The maximum atomic E-state index is 11.5. The predicted octanol–water partition coefficient (Wildman–Crippen LogP) is 6.97. The highest BCUT2D eigenvalue weighted by atomic mass is 16.6. The number of hydrogen-bond donors (Lipinski definition) is 0. The van der Waals surface area contributed by atoms with E-state index in [1.165, 1.54) is 16.2 Å². The number of benzene rings is 4. The lowest BCUT2D eigenvalue weighted by atomic mass is 10.0. The van der Waals surface area contributed by atoms with Gasteiger partial charge in [0.15, 0.2) is 0 Å². The molecule has 0 amide bonds. The molecule has 30 heavy (non-hydrogen) atoms. The number of nitro benzene ring substituents is 1. The van der Waals surface area contributed by atoms with Gasteiger partial charge in [0.1, 0.15) is 0 Å². The second-order valence-corrected chi connectivity index (χ2v) is 7.48. The molecule has 4 nitrogen and oxygen atoms in total. The zero-order valence-electron chi connectivity index (χ0n) is 15.9. The Bertz CT molecular complexity index is 1630. The van der Waals surface area contributed by atoms with E-state index >= 15 is 0 Å². The van der Waals surface area contributed by atoms with Gasteiger partial charge in [0, 0.05) is 22.2 Å². The van der Waals surface area contributed by atoms with Gasteiger partial charge in [0.25, 0.3) is 5.69 Å². The summed E-state index contributed by atoms with van der Waals surface area (Å²) in [6.07, 6.45) is 0. The molecule has 0 saturated carbocycles. The summed E-state index contributed by atoms with van der Waals surface area (Å²) < 4.78 is 2.29. The molecule has 2 aromatic heterocycles. The summed E-state index contributed by atoms with van der Waals surface area (Å²) in [7, 11) is 0. The van der Waals surface area contributed by atoms with E-state index < -0.39 is 0 Å². The molecule has 2 heterocycles. The van der Waals surface area contributed by atoms with Gasteiger partial charge in [-0.05, 0) is 41.3 Å². The summed E-state index contributed by atoms with van der Waals surface area (Å²) in [6, 6.07) is 32.0. The lowest BCUT2D eigenvalue weighted by molar-refractivity contribution is -0.384. The predicted molar refractivity (Wildman–Crippen MR) is 122 cm³/mol. The first-order valence-electron chi connectivity index (χ1n) is 9.81. The number of aromatic nitrogens is 1. The second kappa shape index (κ2) is 6.16. The normalized spacial score (nSPS) is 11.6. The van der Waals surface area contributed by atoms with Gasteiger partial charge in [0.05, 0.1) is 27.0 Å². The molecule has 0 saturated heterocycles. The fraction of sp³-hybridized carbons (Fsp3) is 0.